The Morgan fingerprint density at radius 1 is 1.16 bits per heavy atom. The van der Waals surface area contributed by atoms with Gasteiger partial charge in [0.15, 0.2) is 12.4 Å². The van der Waals surface area contributed by atoms with Gasteiger partial charge in [-0.3, -0.25) is 4.79 Å². The molecule has 0 radical (unpaired) electrons. The molecular weight excluding hydrogens is 260 g/mol. The summed E-state index contributed by atoms with van der Waals surface area (Å²) in [5, 5.41) is 0.648. The standard InChI is InChI=1S/C16H15ClO2/c1-2-12-4-3-5-13(10-12)16(18)11-19-15-8-6-14(17)7-9-15/h3-10H,2,11H2,1H3. The van der Waals surface area contributed by atoms with Crippen molar-refractivity contribution >= 4 is 17.4 Å². The van der Waals surface area contributed by atoms with E-state index in [0.717, 1.165) is 12.0 Å². The highest BCUT2D eigenvalue weighted by atomic mass is 35.5. The molecule has 0 aliphatic rings. The summed E-state index contributed by atoms with van der Waals surface area (Å²) >= 11 is 5.78. The first-order chi connectivity index (χ1) is 9.19. The molecule has 0 amide bonds. The lowest BCUT2D eigenvalue weighted by Crippen LogP contribution is -2.11. The predicted molar refractivity (Wildman–Crippen MR) is 77.1 cm³/mol. The smallest absolute Gasteiger partial charge is 0.200 e. The number of benzene rings is 2. The third kappa shape index (κ3) is 3.83. The van der Waals surface area contributed by atoms with E-state index in [9.17, 15) is 4.79 Å². The van der Waals surface area contributed by atoms with E-state index in [2.05, 4.69) is 6.92 Å². The summed E-state index contributed by atoms with van der Waals surface area (Å²) in [7, 11) is 0. The van der Waals surface area contributed by atoms with E-state index >= 15 is 0 Å². The highest BCUT2D eigenvalue weighted by Crippen LogP contribution is 2.16. The van der Waals surface area contributed by atoms with Gasteiger partial charge in [0.05, 0.1) is 0 Å². The van der Waals surface area contributed by atoms with Crippen LogP contribution in [0.3, 0.4) is 0 Å². The second-order valence-corrected chi connectivity index (χ2v) is 4.66. The van der Waals surface area contributed by atoms with Crippen molar-refractivity contribution in [1.29, 1.82) is 0 Å². The van der Waals surface area contributed by atoms with Gasteiger partial charge in [-0.05, 0) is 42.3 Å². The van der Waals surface area contributed by atoms with Crippen molar-refractivity contribution in [3.05, 3.63) is 64.7 Å². The maximum absolute atomic E-state index is 12.0. The second-order valence-electron chi connectivity index (χ2n) is 4.22. The van der Waals surface area contributed by atoms with Crippen LogP contribution in [0.1, 0.15) is 22.8 Å². The molecule has 0 N–H and O–H groups in total. The monoisotopic (exact) mass is 274 g/mol. The Hall–Kier alpha value is -1.80. The Balaban J connectivity index is 1.99. The number of carbonyl (C=O) groups excluding carboxylic acids is 1. The minimum Gasteiger partial charge on any atom is -0.485 e. The predicted octanol–water partition coefficient (Wildman–Crippen LogP) is 4.16. The molecule has 0 saturated heterocycles. The second kappa shape index (κ2) is 6.39. The fourth-order valence-electron chi connectivity index (χ4n) is 1.73. The molecule has 0 heterocycles. The van der Waals surface area contributed by atoms with Crippen molar-refractivity contribution in [1.82, 2.24) is 0 Å². The number of hydrogen-bond acceptors (Lipinski definition) is 2. The van der Waals surface area contributed by atoms with Gasteiger partial charge < -0.3 is 4.74 Å². The van der Waals surface area contributed by atoms with Gasteiger partial charge in [-0.1, -0.05) is 36.7 Å². The van der Waals surface area contributed by atoms with Crippen molar-refractivity contribution in [3.63, 3.8) is 0 Å². The zero-order chi connectivity index (χ0) is 13.7. The molecule has 0 unspecified atom stereocenters. The third-order valence-electron chi connectivity index (χ3n) is 2.84. The van der Waals surface area contributed by atoms with Crippen LogP contribution in [0.2, 0.25) is 5.02 Å². The van der Waals surface area contributed by atoms with Gasteiger partial charge in [-0.2, -0.15) is 0 Å². The first-order valence-electron chi connectivity index (χ1n) is 6.19. The van der Waals surface area contributed by atoms with E-state index < -0.39 is 0 Å². The van der Waals surface area contributed by atoms with Crippen molar-refractivity contribution in [2.24, 2.45) is 0 Å². The number of aryl methyl sites for hydroxylation is 1. The molecule has 0 bridgehead atoms. The summed E-state index contributed by atoms with van der Waals surface area (Å²) in [6, 6.07) is 14.6. The fraction of sp³-hybridized carbons (Fsp3) is 0.188. The Labute approximate surface area is 118 Å². The summed E-state index contributed by atoms with van der Waals surface area (Å²) < 4.78 is 5.44. The van der Waals surface area contributed by atoms with E-state index in [1.807, 2.05) is 24.3 Å². The molecule has 0 aliphatic heterocycles. The van der Waals surface area contributed by atoms with E-state index in [4.69, 9.17) is 16.3 Å². The minimum absolute atomic E-state index is 0.0229. The molecule has 0 atom stereocenters. The first-order valence-corrected chi connectivity index (χ1v) is 6.57. The summed E-state index contributed by atoms with van der Waals surface area (Å²) in [6.45, 7) is 2.10. The Kier molecular flexibility index (Phi) is 4.58. The third-order valence-corrected chi connectivity index (χ3v) is 3.09. The van der Waals surface area contributed by atoms with Gasteiger partial charge in [-0.25, -0.2) is 0 Å². The van der Waals surface area contributed by atoms with Gasteiger partial charge in [0.25, 0.3) is 0 Å². The van der Waals surface area contributed by atoms with Gasteiger partial charge in [0.1, 0.15) is 5.75 Å². The summed E-state index contributed by atoms with van der Waals surface area (Å²) in [5.41, 5.74) is 1.84. The largest absolute Gasteiger partial charge is 0.485 e. The van der Waals surface area contributed by atoms with E-state index in [0.29, 0.717) is 16.3 Å². The molecule has 2 aromatic rings. The van der Waals surface area contributed by atoms with Crippen LogP contribution in [-0.2, 0) is 6.42 Å². The molecule has 2 nitrogen and oxygen atoms in total. The Morgan fingerprint density at radius 2 is 1.89 bits per heavy atom. The molecule has 19 heavy (non-hydrogen) atoms. The molecule has 0 aliphatic carbocycles. The van der Waals surface area contributed by atoms with Gasteiger partial charge in [-0.15, -0.1) is 0 Å². The fourth-order valence-corrected chi connectivity index (χ4v) is 1.85. The first kappa shape index (κ1) is 13.6. The lowest BCUT2D eigenvalue weighted by Gasteiger charge is -2.06. The van der Waals surface area contributed by atoms with Gasteiger partial charge in [0, 0.05) is 10.6 Å². The number of ether oxygens (including phenoxy) is 1. The lowest BCUT2D eigenvalue weighted by atomic mass is 10.1. The number of rotatable bonds is 5. The highest BCUT2D eigenvalue weighted by Gasteiger charge is 2.07. The van der Waals surface area contributed by atoms with Crippen LogP contribution >= 0.6 is 11.6 Å². The molecular formula is C16H15ClO2. The number of halogens is 1. The molecule has 0 saturated carbocycles. The maximum Gasteiger partial charge on any atom is 0.200 e. The summed E-state index contributed by atoms with van der Waals surface area (Å²) in [4.78, 5) is 12.0. The number of carbonyl (C=O) groups is 1. The SMILES string of the molecule is CCc1cccc(C(=O)COc2ccc(Cl)cc2)c1. The molecule has 3 heteroatoms. The average molecular weight is 275 g/mol. The van der Waals surface area contributed by atoms with Gasteiger partial charge in [0.2, 0.25) is 0 Å². The van der Waals surface area contributed by atoms with Crippen LogP contribution in [-0.4, -0.2) is 12.4 Å². The zero-order valence-electron chi connectivity index (χ0n) is 10.7. The molecule has 0 spiro atoms. The maximum atomic E-state index is 12.0. The number of hydrogen-bond donors (Lipinski definition) is 0. The van der Waals surface area contributed by atoms with Crippen LogP contribution in [0.15, 0.2) is 48.5 Å². The number of Topliss-reactive ketones (excluding diaryl/α,β-unsaturated/α-hetero) is 1. The van der Waals surface area contributed by atoms with Crippen LogP contribution in [0.25, 0.3) is 0 Å². The zero-order valence-corrected chi connectivity index (χ0v) is 11.5. The Bertz CT molecular complexity index is 561. The number of ketones is 1. The molecule has 0 aromatic heterocycles. The summed E-state index contributed by atoms with van der Waals surface area (Å²) in [6.07, 6.45) is 0.916. The van der Waals surface area contributed by atoms with Crippen molar-refractivity contribution < 1.29 is 9.53 Å². The average Bonchev–Trinajstić information content (AvgIpc) is 2.46. The molecule has 0 fully saturated rings. The lowest BCUT2D eigenvalue weighted by molar-refractivity contribution is 0.0921. The van der Waals surface area contributed by atoms with Crippen LogP contribution in [0.5, 0.6) is 5.75 Å². The van der Waals surface area contributed by atoms with Gasteiger partial charge >= 0.3 is 0 Å². The van der Waals surface area contributed by atoms with E-state index in [-0.39, 0.29) is 12.4 Å². The molecule has 2 aromatic carbocycles. The highest BCUT2D eigenvalue weighted by molar-refractivity contribution is 6.30. The minimum atomic E-state index is -0.0229. The van der Waals surface area contributed by atoms with Crippen molar-refractivity contribution in [2.45, 2.75) is 13.3 Å². The van der Waals surface area contributed by atoms with Crippen LogP contribution in [0.4, 0.5) is 0 Å². The quantitative estimate of drug-likeness (QED) is 0.765. The van der Waals surface area contributed by atoms with Crippen molar-refractivity contribution in [3.8, 4) is 5.75 Å². The Morgan fingerprint density at radius 3 is 2.58 bits per heavy atom. The topological polar surface area (TPSA) is 26.3 Å². The molecule has 98 valence electrons. The van der Waals surface area contributed by atoms with Crippen molar-refractivity contribution in [2.75, 3.05) is 6.61 Å². The van der Waals surface area contributed by atoms with Crippen LogP contribution < -0.4 is 4.74 Å². The van der Waals surface area contributed by atoms with Crippen LogP contribution in [0, 0.1) is 0 Å². The van der Waals surface area contributed by atoms with E-state index in [1.165, 1.54) is 0 Å². The summed E-state index contributed by atoms with van der Waals surface area (Å²) in [5.74, 6) is 0.620. The molecule has 2 rings (SSSR count). The normalized spacial score (nSPS) is 10.2. The van der Waals surface area contributed by atoms with E-state index in [1.54, 1.807) is 24.3 Å².